The van der Waals surface area contributed by atoms with Gasteiger partial charge in [-0.15, -0.1) is 11.3 Å². The lowest BCUT2D eigenvalue weighted by Crippen LogP contribution is -2.31. The van der Waals surface area contributed by atoms with Gasteiger partial charge in [0.2, 0.25) is 5.75 Å². The predicted octanol–water partition coefficient (Wildman–Crippen LogP) is 3.96. The largest absolute Gasteiger partial charge is 0.493 e. The van der Waals surface area contributed by atoms with Crippen LogP contribution in [0.2, 0.25) is 0 Å². The molecule has 142 valence electrons. The van der Waals surface area contributed by atoms with Gasteiger partial charge in [-0.25, -0.2) is 0 Å². The summed E-state index contributed by atoms with van der Waals surface area (Å²) >= 11 is 1.78. The Morgan fingerprint density at radius 3 is 2.54 bits per heavy atom. The third-order valence-corrected chi connectivity index (χ3v) is 5.49. The molecule has 0 amide bonds. The molecule has 5 nitrogen and oxygen atoms in total. The Morgan fingerprint density at radius 1 is 1.08 bits per heavy atom. The summed E-state index contributed by atoms with van der Waals surface area (Å²) < 4.78 is 22.4. The van der Waals surface area contributed by atoms with E-state index in [-0.39, 0.29) is 0 Å². The highest BCUT2D eigenvalue weighted by molar-refractivity contribution is 7.09. The topological polar surface area (TPSA) is 40.2 Å². The van der Waals surface area contributed by atoms with Gasteiger partial charge in [-0.05, 0) is 30.4 Å². The molecule has 0 spiro atoms. The van der Waals surface area contributed by atoms with E-state index in [2.05, 4.69) is 28.5 Å². The van der Waals surface area contributed by atoms with Crippen molar-refractivity contribution in [2.45, 2.75) is 32.0 Å². The number of hydrogen-bond donors (Lipinski definition) is 0. The summed E-state index contributed by atoms with van der Waals surface area (Å²) in [5, 5.41) is 2.12. The average Bonchev–Trinajstić information content (AvgIpc) is 3.35. The first kappa shape index (κ1) is 19.0. The van der Waals surface area contributed by atoms with Gasteiger partial charge < -0.3 is 18.9 Å². The quantitative estimate of drug-likeness (QED) is 0.662. The normalized spacial score (nSPS) is 16.8. The standard InChI is InChI=1S/C20H27NO4S/c1-22-18-9-8-15(19(23-2)20(18)24-3)12-21(13-16-6-4-10-25-16)14-17-7-5-11-26-17/h5,7-9,11,16H,4,6,10,12-14H2,1-3H3. The van der Waals surface area contributed by atoms with Crippen LogP contribution in [0.25, 0.3) is 0 Å². The smallest absolute Gasteiger partial charge is 0.203 e. The van der Waals surface area contributed by atoms with Gasteiger partial charge in [0.05, 0.1) is 27.4 Å². The second-order valence-corrected chi connectivity index (χ2v) is 7.41. The second kappa shape index (κ2) is 9.26. The highest BCUT2D eigenvalue weighted by Crippen LogP contribution is 2.40. The maximum absolute atomic E-state index is 5.86. The van der Waals surface area contributed by atoms with Crippen LogP contribution in [0.15, 0.2) is 29.6 Å². The predicted molar refractivity (Wildman–Crippen MR) is 104 cm³/mol. The van der Waals surface area contributed by atoms with E-state index < -0.39 is 0 Å². The molecule has 3 rings (SSSR count). The lowest BCUT2D eigenvalue weighted by molar-refractivity contribution is 0.0679. The zero-order valence-corrected chi connectivity index (χ0v) is 16.5. The number of benzene rings is 1. The molecule has 1 aromatic heterocycles. The van der Waals surface area contributed by atoms with E-state index in [1.165, 1.54) is 4.88 Å². The molecule has 26 heavy (non-hydrogen) atoms. The number of methoxy groups -OCH3 is 3. The van der Waals surface area contributed by atoms with Crippen LogP contribution >= 0.6 is 11.3 Å². The number of ether oxygens (including phenoxy) is 4. The van der Waals surface area contributed by atoms with Crippen LogP contribution in [0.4, 0.5) is 0 Å². The maximum Gasteiger partial charge on any atom is 0.203 e. The molecule has 1 aliphatic heterocycles. The van der Waals surface area contributed by atoms with Gasteiger partial charge in [0.25, 0.3) is 0 Å². The minimum absolute atomic E-state index is 0.307. The molecular weight excluding hydrogens is 350 g/mol. The van der Waals surface area contributed by atoms with Gasteiger partial charge in [0.1, 0.15) is 0 Å². The maximum atomic E-state index is 5.86. The molecule has 6 heteroatoms. The highest BCUT2D eigenvalue weighted by atomic mass is 32.1. The van der Waals surface area contributed by atoms with E-state index >= 15 is 0 Å². The van der Waals surface area contributed by atoms with Crippen molar-refractivity contribution in [3.63, 3.8) is 0 Å². The molecule has 0 saturated carbocycles. The summed E-state index contributed by atoms with van der Waals surface area (Å²) in [6.45, 7) is 3.45. The van der Waals surface area contributed by atoms with Gasteiger partial charge >= 0.3 is 0 Å². The molecule has 1 atom stereocenters. The van der Waals surface area contributed by atoms with Gasteiger partial charge in [-0.1, -0.05) is 12.1 Å². The van der Waals surface area contributed by atoms with E-state index in [4.69, 9.17) is 18.9 Å². The molecule has 0 aliphatic carbocycles. The Morgan fingerprint density at radius 2 is 1.92 bits per heavy atom. The highest BCUT2D eigenvalue weighted by Gasteiger charge is 2.22. The van der Waals surface area contributed by atoms with Crippen molar-refractivity contribution in [1.82, 2.24) is 4.90 Å². The summed E-state index contributed by atoms with van der Waals surface area (Å²) in [5.74, 6) is 2.05. The molecule has 1 fully saturated rings. The number of thiophene rings is 1. The summed E-state index contributed by atoms with van der Waals surface area (Å²) in [6, 6.07) is 8.27. The zero-order valence-electron chi connectivity index (χ0n) is 15.7. The minimum atomic E-state index is 0.307. The molecular formula is C20H27NO4S. The Hall–Kier alpha value is -1.76. The van der Waals surface area contributed by atoms with Crippen molar-refractivity contribution in [1.29, 1.82) is 0 Å². The molecule has 2 heterocycles. The summed E-state index contributed by atoms with van der Waals surface area (Å²) in [7, 11) is 4.95. The third-order valence-electron chi connectivity index (χ3n) is 4.63. The van der Waals surface area contributed by atoms with Crippen LogP contribution in [0.3, 0.4) is 0 Å². The summed E-state index contributed by atoms with van der Waals surface area (Å²) in [6.07, 6.45) is 2.59. The number of rotatable bonds is 9. The van der Waals surface area contributed by atoms with Crippen LogP contribution in [0.1, 0.15) is 23.3 Å². The molecule has 0 bridgehead atoms. The average molecular weight is 378 g/mol. The Bertz CT molecular complexity index is 683. The molecule has 0 radical (unpaired) electrons. The summed E-state index contributed by atoms with van der Waals surface area (Å²) in [5.41, 5.74) is 1.08. The lowest BCUT2D eigenvalue weighted by atomic mass is 10.1. The Labute approximate surface area is 159 Å². The number of hydrogen-bond acceptors (Lipinski definition) is 6. The van der Waals surface area contributed by atoms with Gasteiger partial charge in [-0.3, -0.25) is 4.90 Å². The first-order chi connectivity index (χ1) is 12.7. The Kier molecular flexibility index (Phi) is 6.77. The third kappa shape index (κ3) is 4.50. The monoisotopic (exact) mass is 377 g/mol. The van der Waals surface area contributed by atoms with Crippen LogP contribution in [-0.2, 0) is 17.8 Å². The van der Waals surface area contributed by atoms with E-state index in [1.54, 1.807) is 32.7 Å². The fourth-order valence-corrected chi connectivity index (χ4v) is 4.16. The van der Waals surface area contributed by atoms with Gasteiger partial charge in [0, 0.05) is 36.7 Å². The SMILES string of the molecule is COc1ccc(CN(Cc2cccs2)CC2CCCO2)c(OC)c1OC. The first-order valence-electron chi connectivity index (χ1n) is 8.89. The molecule has 1 aliphatic rings. The molecule has 0 N–H and O–H groups in total. The van der Waals surface area contributed by atoms with Gasteiger partial charge in [0.15, 0.2) is 11.5 Å². The van der Waals surface area contributed by atoms with E-state index in [9.17, 15) is 0 Å². The fraction of sp³-hybridized carbons (Fsp3) is 0.500. The van der Waals surface area contributed by atoms with Crippen LogP contribution in [0.5, 0.6) is 17.2 Å². The van der Waals surface area contributed by atoms with Crippen molar-refractivity contribution in [2.24, 2.45) is 0 Å². The molecule has 1 saturated heterocycles. The minimum Gasteiger partial charge on any atom is -0.493 e. The van der Waals surface area contributed by atoms with Gasteiger partial charge in [-0.2, -0.15) is 0 Å². The van der Waals surface area contributed by atoms with Crippen molar-refractivity contribution >= 4 is 11.3 Å². The lowest BCUT2D eigenvalue weighted by Gasteiger charge is -2.26. The Balaban J connectivity index is 1.82. The zero-order chi connectivity index (χ0) is 18.4. The van der Waals surface area contributed by atoms with E-state index in [0.29, 0.717) is 17.6 Å². The van der Waals surface area contributed by atoms with Crippen molar-refractivity contribution < 1.29 is 18.9 Å². The van der Waals surface area contributed by atoms with Crippen molar-refractivity contribution in [3.8, 4) is 17.2 Å². The number of nitrogens with zero attached hydrogens (tertiary/aromatic N) is 1. The van der Waals surface area contributed by atoms with Crippen LogP contribution < -0.4 is 14.2 Å². The fourth-order valence-electron chi connectivity index (χ4n) is 3.41. The molecule has 2 aromatic rings. The molecule has 1 aromatic carbocycles. The van der Waals surface area contributed by atoms with E-state index in [0.717, 1.165) is 50.4 Å². The van der Waals surface area contributed by atoms with Crippen LogP contribution in [0, 0.1) is 0 Å². The van der Waals surface area contributed by atoms with Crippen molar-refractivity contribution in [3.05, 3.63) is 40.1 Å². The van der Waals surface area contributed by atoms with Crippen LogP contribution in [-0.4, -0.2) is 45.5 Å². The second-order valence-electron chi connectivity index (χ2n) is 6.38. The molecule has 1 unspecified atom stereocenters. The van der Waals surface area contributed by atoms with E-state index in [1.807, 2.05) is 6.07 Å². The first-order valence-corrected chi connectivity index (χ1v) is 9.77. The summed E-state index contributed by atoms with van der Waals surface area (Å²) in [4.78, 5) is 3.77. The van der Waals surface area contributed by atoms with Crippen molar-refractivity contribution in [2.75, 3.05) is 34.5 Å².